The van der Waals surface area contributed by atoms with Crippen molar-refractivity contribution in [3.8, 4) is 11.5 Å². The number of carbonyl (C=O) groups excluding carboxylic acids is 1. The maximum atomic E-state index is 13.6. The van der Waals surface area contributed by atoms with Crippen LogP contribution in [0.4, 0.5) is 5.69 Å². The Hall–Kier alpha value is -3.52. The van der Waals surface area contributed by atoms with Crippen molar-refractivity contribution in [2.24, 2.45) is 0 Å². The Labute approximate surface area is 214 Å². The summed E-state index contributed by atoms with van der Waals surface area (Å²) in [5.74, 6) is 0.378. The number of amides is 1. The maximum Gasteiger partial charge on any atom is 0.264 e. The number of nitrogens with one attached hydrogen (secondary N) is 1. The average Bonchev–Trinajstić information content (AvgIpc) is 2.86. The molecule has 0 bridgehead atoms. The Morgan fingerprint density at radius 1 is 0.917 bits per heavy atom. The fourth-order valence-corrected chi connectivity index (χ4v) is 5.22. The summed E-state index contributed by atoms with van der Waals surface area (Å²) in [7, 11) is -1.07. The number of carbonyl (C=O) groups is 1. The average molecular weight is 511 g/mol. The highest BCUT2D eigenvalue weighted by Gasteiger charge is 2.28. The van der Waals surface area contributed by atoms with Crippen LogP contribution in [-0.4, -0.2) is 35.1 Å². The van der Waals surface area contributed by atoms with E-state index in [4.69, 9.17) is 9.47 Å². The number of rotatable bonds is 9. The van der Waals surface area contributed by atoms with Crippen molar-refractivity contribution in [3.63, 3.8) is 0 Å². The molecule has 1 amide bonds. The van der Waals surface area contributed by atoms with Crippen molar-refractivity contribution in [1.82, 2.24) is 5.32 Å². The van der Waals surface area contributed by atoms with Gasteiger partial charge in [0.05, 0.1) is 30.8 Å². The van der Waals surface area contributed by atoms with E-state index in [1.807, 2.05) is 31.2 Å². The van der Waals surface area contributed by atoms with Gasteiger partial charge < -0.3 is 14.8 Å². The van der Waals surface area contributed by atoms with Crippen LogP contribution in [0.5, 0.6) is 11.5 Å². The Bertz CT molecular complexity index is 1280. The molecule has 0 aliphatic carbocycles. The van der Waals surface area contributed by atoms with E-state index in [0.717, 1.165) is 9.87 Å². The van der Waals surface area contributed by atoms with E-state index in [2.05, 4.69) is 26.1 Å². The lowest BCUT2D eigenvalue weighted by Gasteiger charge is -2.26. The molecule has 0 spiro atoms. The summed E-state index contributed by atoms with van der Waals surface area (Å²) in [4.78, 5) is 13.2. The summed E-state index contributed by atoms with van der Waals surface area (Å²) in [5, 5.41) is 2.93. The van der Waals surface area contributed by atoms with Crippen LogP contribution < -0.4 is 19.1 Å². The molecule has 8 heteroatoms. The van der Waals surface area contributed by atoms with E-state index < -0.39 is 22.5 Å². The molecule has 0 saturated carbocycles. The number of benzene rings is 3. The van der Waals surface area contributed by atoms with Crippen LogP contribution in [0.25, 0.3) is 0 Å². The molecule has 192 valence electrons. The van der Waals surface area contributed by atoms with Crippen LogP contribution in [0, 0.1) is 0 Å². The van der Waals surface area contributed by atoms with Crippen LogP contribution in [0.15, 0.2) is 77.7 Å². The molecule has 1 atom stereocenters. The first-order valence-corrected chi connectivity index (χ1v) is 13.1. The third-order valence-corrected chi connectivity index (χ3v) is 7.72. The third-order valence-electron chi connectivity index (χ3n) is 5.93. The predicted octanol–water partition coefficient (Wildman–Crippen LogP) is 5.07. The minimum absolute atomic E-state index is 0.0245. The standard InChI is InChI=1S/C28H34N2O5S/c1-20(21-12-14-22(15-13-21)28(2,3)4)29-27(31)19-30(36(32,33)24-10-8-7-9-11-24)23-16-17-25(34-5)26(18-23)35-6/h7-18,20H,19H2,1-6H3,(H,29,31). The van der Waals surface area contributed by atoms with Crippen molar-refractivity contribution in [1.29, 1.82) is 0 Å². The van der Waals surface area contributed by atoms with E-state index >= 15 is 0 Å². The minimum Gasteiger partial charge on any atom is -0.493 e. The lowest BCUT2D eigenvalue weighted by molar-refractivity contribution is -0.120. The van der Waals surface area contributed by atoms with E-state index in [1.54, 1.807) is 36.4 Å². The number of ether oxygens (including phenoxy) is 2. The highest BCUT2D eigenvalue weighted by molar-refractivity contribution is 7.92. The molecule has 36 heavy (non-hydrogen) atoms. The van der Waals surface area contributed by atoms with Crippen LogP contribution in [-0.2, 0) is 20.2 Å². The normalized spacial score (nSPS) is 12.5. The van der Waals surface area contributed by atoms with Gasteiger partial charge in [-0.1, -0.05) is 63.2 Å². The molecule has 1 N–H and O–H groups in total. The first-order valence-electron chi connectivity index (χ1n) is 11.7. The second-order valence-electron chi connectivity index (χ2n) is 9.53. The molecular weight excluding hydrogens is 476 g/mol. The number of anilines is 1. The zero-order chi connectivity index (χ0) is 26.5. The van der Waals surface area contributed by atoms with E-state index in [1.165, 1.54) is 31.9 Å². The van der Waals surface area contributed by atoms with Crippen molar-refractivity contribution in [2.45, 2.75) is 44.0 Å². The molecule has 3 aromatic carbocycles. The zero-order valence-corrected chi connectivity index (χ0v) is 22.4. The number of methoxy groups -OCH3 is 2. The Kier molecular flexibility index (Phi) is 8.30. The lowest BCUT2D eigenvalue weighted by Crippen LogP contribution is -2.41. The van der Waals surface area contributed by atoms with Crippen molar-refractivity contribution in [3.05, 3.63) is 83.9 Å². The highest BCUT2D eigenvalue weighted by Crippen LogP contribution is 2.34. The van der Waals surface area contributed by atoms with Gasteiger partial charge in [0.15, 0.2) is 11.5 Å². The molecule has 0 fully saturated rings. The van der Waals surface area contributed by atoms with Gasteiger partial charge >= 0.3 is 0 Å². The number of nitrogens with zero attached hydrogens (tertiary/aromatic N) is 1. The summed E-state index contributed by atoms with van der Waals surface area (Å²) < 4.78 is 38.9. The summed E-state index contributed by atoms with van der Waals surface area (Å²) >= 11 is 0. The fraction of sp³-hybridized carbons (Fsp3) is 0.321. The van der Waals surface area contributed by atoms with Gasteiger partial charge in [-0.3, -0.25) is 9.10 Å². The SMILES string of the molecule is COc1ccc(N(CC(=O)NC(C)c2ccc(C(C)(C)C)cc2)S(=O)(=O)c2ccccc2)cc1OC. The van der Waals surface area contributed by atoms with Crippen LogP contribution in [0.1, 0.15) is 44.9 Å². The Morgan fingerprint density at radius 2 is 1.53 bits per heavy atom. The molecule has 7 nitrogen and oxygen atoms in total. The largest absolute Gasteiger partial charge is 0.493 e. The highest BCUT2D eigenvalue weighted by atomic mass is 32.2. The number of hydrogen-bond donors (Lipinski definition) is 1. The van der Waals surface area contributed by atoms with E-state index in [-0.39, 0.29) is 22.0 Å². The van der Waals surface area contributed by atoms with Gasteiger partial charge in [0.1, 0.15) is 6.54 Å². The molecule has 3 rings (SSSR count). The van der Waals surface area contributed by atoms with Crippen LogP contribution in [0.3, 0.4) is 0 Å². The first-order chi connectivity index (χ1) is 17.0. The summed E-state index contributed by atoms with van der Waals surface area (Å²) in [6.07, 6.45) is 0. The summed E-state index contributed by atoms with van der Waals surface area (Å²) in [5.41, 5.74) is 2.43. The molecule has 0 aliphatic heterocycles. The van der Waals surface area contributed by atoms with Gasteiger partial charge in [0, 0.05) is 6.07 Å². The fourth-order valence-electron chi connectivity index (χ4n) is 3.79. The molecule has 0 heterocycles. The Balaban J connectivity index is 1.89. The lowest BCUT2D eigenvalue weighted by atomic mass is 9.86. The summed E-state index contributed by atoms with van der Waals surface area (Å²) in [6, 6.07) is 20.5. The van der Waals surface area contributed by atoms with Crippen molar-refractivity contribution < 1.29 is 22.7 Å². The zero-order valence-electron chi connectivity index (χ0n) is 21.6. The molecule has 0 aliphatic rings. The first kappa shape index (κ1) is 27.1. The predicted molar refractivity (Wildman–Crippen MR) is 142 cm³/mol. The smallest absolute Gasteiger partial charge is 0.264 e. The monoisotopic (exact) mass is 510 g/mol. The summed E-state index contributed by atoms with van der Waals surface area (Å²) in [6.45, 7) is 7.89. The molecule has 1 unspecified atom stereocenters. The topological polar surface area (TPSA) is 84.9 Å². The minimum atomic E-state index is -4.04. The van der Waals surface area contributed by atoms with Gasteiger partial charge in [-0.15, -0.1) is 0 Å². The van der Waals surface area contributed by atoms with Gasteiger partial charge in [0.25, 0.3) is 10.0 Å². The van der Waals surface area contributed by atoms with Gasteiger partial charge in [0.2, 0.25) is 5.91 Å². The molecular formula is C28H34N2O5S. The van der Waals surface area contributed by atoms with Crippen molar-refractivity contribution in [2.75, 3.05) is 25.1 Å². The van der Waals surface area contributed by atoms with E-state index in [0.29, 0.717) is 11.5 Å². The maximum absolute atomic E-state index is 13.6. The van der Waals surface area contributed by atoms with Crippen molar-refractivity contribution >= 4 is 21.6 Å². The van der Waals surface area contributed by atoms with Gasteiger partial charge in [-0.2, -0.15) is 0 Å². The Morgan fingerprint density at radius 3 is 2.08 bits per heavy atom. The second-order valence-corrected chi connectivity index (χ2v) is 11.4. The van der Waals surface area contributed by atoms with Crippen LogP contribution >= 0.6 is 0 Å². The molecule has 0 saturated heterocycles. The van der Waals surface area contributed by atoms with E-state index in [9.17, 15) is 13.2 Å². The molecule has 3 aromatic rings. The van der Waals surface area contributed by atoms with Gasteiger partial charge in [-0.25, -0.2) is 8.42 Å². The molecule has 0 aromatic heterocycles. The quantitative estimate of drug-likeness (QED) is 0.434. The molecule has 0 radical (unpaired) electrons. The number of hydrogen-bond acceptors (Lipinski definition) is 5. The second kappa shape index (κ2) is 11.0. The van der Waals surface area contributed by atoms with Crippen LogP contribution in [0.2, 0.25) is 0 Å². The number of sulfonamides is 1. The van der Waals surface area contributed by atoms with Gasteiger partial charge in [-0.05, 0) is 47.7 Å². The third kappa shape index (κ3) is 6.18.